The van der Waals surface area contributed by atoms with Crippen molar-refractivity contribution in [3.63, 3.8) is 0 Å². The molecule has 0 aliphatic carbocycles. The van der Waals surface area contributed by atoms with Crippen LogP contribution in [0.3, 0.4) is 0 Å². The third-order valence-electron chi connectivity index (χ3n) is 4.54. The third kappa shape index (κ3) is 4.36. The highest BCUT2D eigenvalue weighted by Gasteiger charge is 2.43. The van der Waals surface area contributed by atoms with Gasteiger partial charge >= 0.3 is 0 Å². The number of nitrogens with zero attached hydrogens (tertiary/aromatic N) is 2. The van der Waals surface area contributed by atoms with E-state index in [1.54, 1.807) is 19.2 Å². The fraction of sp³-hybridized carbons (Fsp3) is 0.250. The molecule has 1 saturated heterocycles. The third-order valence-corrected chi connectivity index (χ3v) is 5.51. The van der Waals surface area contributed by atoms with Crippen LogP contribution in [0.4, 0.5) is 5.69 Å². The molecule has 1 aliphatic rings. The Morgan fingerprint density at radius 2 is 1.85 bits per heavy atom. The van der Waals surface area contributed by atoms with Gasteiger partial charge in [-0.1, -0.05) is 46.3 Å². The number of hydrogen-bond donors (Lipinski definition) is 1. The Hall–Kier alpha value is -2.25. The second kappa shape index (κ2) is 8.63. The predicted molar refractivity (Wildman–Crippen MR) is 114 cm³/mol. The van der Waals surface area contributed by atoms with Gasteiger partial charge in [-0.2, -0.15) is 0 Å². The van der Waals surface area contributed by atoms with Crippen molar-refractivity contribution in [1.29, 1.82) is 0 Å². The van der Waals surface area contributed by atoms with Gasteiger partial charge in [-0.3, -0.25) is 9.59 Å². The molecule has 1 aliphatic heterocycles. The molecule has 1 atom stereocenters. The minimum atomic E-state index is -0.593. The first-order valence-corrected chi connectivity index (χ1v) is 9.86. The number of halogens is 1. The van der Waals surface area contributed by atoms with Crippen molar-refractivity contribution < 1.29 is 9.59 Å². The van der Waals surface area contributed by atoms with Crippen molar-refractivity contribution in [3.8, 4) is 0 Å². The van der Waals surface area contributed by atoms with E-state index in [0.717, 1.165) is 16.5 Å². The fourth-order valence-electron chi connectivity index (χ4n) is 3.16. The molecule has 7 heteroatoms. The standard InChI is InChI=1S/C20H20BrN3O2S/c1-22-20(27)23(12-11-14-5-3-2-4-6-14)17-13-18(25)24(19(17)26)16-9-7-15(21)8-10-16/h2-10,17H,11-13H2,1H3,(H,22,27)/t17-/m1/s1. The number of anilines is 1. The number of amides is 2. The lowest BCUT2D eigenvalue weighted by Gasteiger charge is -2.29. The molecule has 0 radical (unpaired) electrons. The molecule has 0 saturated carbocycles. The fourth-order valence-corrected chi connectivity index (χ4v) is 3.64. The Morgan fingerprint density at radius 1 is 1.19 bits per heavy atom. The molecule has 2 aromatic carbocycles. The van der Waals surface area contributed by atoms with Gasteiger partial charge in [-0.05, 0) is 48.5 Å². The molecule has 27 heavy (non-hydrogen) atoms. The zero-order valence-corrected chi connectivity index (χ0v) is 17.3. The van der Waals surface area contributed by atoms with E-state index >= 15 is 0 Å². The summed E-state index contributed by atoms with van der Waals surface area (Å²) in [6, 6.07) is 16.6. The molecule has 3 rings (SSSR count). The second-order valence-corrected chi connectivity index (χ2v) is 7.55. The summed E-state index contributed by atoms with van der Waals surface area (Å²) in [4.78, 5) is 28.7. The monoisotopic (exact) mass is 445 g/mol. The number of thiocarbonyl (C=S) groups is 1. The SMILES string of the molecule is CNC(=S)N(CCc1ccccc1)[C@@H]1CC(=O)N(c2ccc(Br)cc2)C1=O. The molecule has 140 valence electrons. The van der Waals surface area contributed by atoms with Crippen molar-refractivity contribution in [2.24, 2.45) is 0 Å². The largest absolute Gasteiger partial charge is 0.366 e. The highest BCUT2D eigenvalue weighted by molar-refractivity contribution is 9.10. The number of carbonyl (C=O) groups excluding carboxylic acids is 2. The van der Waals surface area contributed by atoms with Crippen LogP contribution in [-0.4, -0.2) is 41.5 Å². The first kappa shape index (κ1) is 19.5. The summed E-state index contributed by atoms with van der Waals surface area (Å²) in [5.74, 6) is -0.455. The quantitative estimate of drug-likeness (QED) is 0.565. The van der Waals surface area contributed by atoms with Crippen LogP contribution in [0.25, 0.3) is 0 Å². The average molecular weight is 446 g/mol. The normalized spacial score (nSPS) is 16.5. The summed E-state index contributed by atoms with van der Waals surface area (Å²) in [5, 5.41) is 3.41. The van der Waals surface area contributed by atoms with Gasteiger partial charge in [0.05, 0.1) is 12.1 Å². The Kier molecular flexibility index (Phi) is 6.23. The Bertz CT molecular complexity index is 842. The van der Waals surface area contributed by atoms with Gasteiger partial charge < -0.3 is 10.2 Å². The van der Waals surface area contributed by atoms with Crippen LogP contribution in [0, 0.1) is 0 Å². The minimum Gasteiger partial charge on any atom is -0.366 e. The number of hydrogen-bond acceptors (Lipinski definition) is 3. The highest BCUT2D eigenvalue weighted by Crippen LogP contribution is 2.27. The van der Waals surface area contributed by atoms with Crippen LogP contribution in [0.5, 0.6) is 0 Å². The number of carbonyl (C=O) groups is 2. The smallest absolute Gasteiger partial charge is 0.257 e. The maximum Gasteiger partial charge on any atom is 0.257 e. The average Bonchev–Trinajstić information content (AvgIpc) is 2.97. The van der Waals surface area contributed by atoms with E-state index in [4.69, 9.17) is 12.2 Å². The summed E-state index contributed by atoms with van der Waals surface area (Å²) in [6.45, 7) is 0.557. The van der Waals surface area contributed by atoms with E-state index in [9.17, 15) is 9.59 Å². The molecule has 1 heterocycles. The molecular formula is C20H20BrN3O2S. The molecule has 5 nitrogen and oxygen atoms in total. The summed E-state index contributed by atoms with van der Waals surface area (Å²) in [6.07, 6.45) is 0.852. The van der Waals surface area contributed by atoms with Gasteiger partial charge in [0.25, 0.3) is 5.91 Å². The number of benzene rings is 2. The van der Waals surface area contributed by atoms with E-state index < -0.39 is 6.04 Å². The molecular weight excluding hydrogens is 426 g/mol. The van der Waals surface area contributed by atoms with Crippen molar-refractivity contribution in [2.45, 2.75) is 18.9 Å². The lowest BCUT2D eigenvalue weighted by molar-refractivity contribution is -0.122. The van der Waals surface area contributed by atoms with Crippen molar-refractivity contribution in [1.82, 2.24) is 10.2 Å². The van der Waals surface area contributed by atoms with Crippen molar-refractivity contribution >= 4 is 50.8 Å². The van der Waals surface area contributed by atoms with Gasteiger partial charge in [-0.25, -0.2) is 4.90 Å². The van der Waals surface area contributed by atoms with Gasteiger partial charge in [0.2, 0.25) is 5.91 Å². The molecule has 2 amide bonds. The number of nitrogens with one attached hydrogen (secondary N) is 1. The maximum absolute atomic E-state index is 13.0. The number of rotatable bonds is 5. The van der Waals surface area contributed by atoms with Crippen LogP contribution < -0.4 is 10.2 Å². The molecule has 0 aromatic heterocycles. The van der Waals surface area contributed by atoms with Crippen molar-refractivity contribution in [3.05, 3.63) is 64.6 Å². The molecule has 2 aromatic rings. The highest BCUT2D eigenvalue weighted by atomic mass is 79.9. The zero-order chi connectivity index (χ0) is 19.4. The van der Waals surface area contributed by atoms with E-state index in [1.165, 1.54) is 4.90 Å². The second-order valence-electron chi connectivity index (χ2n) is 6.25. The lowest BCUT2D eigenvalue weighted by atomic mass is 10.1. The van der Waals surface area contributed by atoms with Crippen LogP contribution in [-0.2, 0) is 16.0 Å². The van der Waals surface area contributed by atoms with E-state index in [-0.39, 0.29) is 18.2 Å². The van der Waals surface area contributed by atoms with E-state index in [1.807, 2.05) is 47.4 Å². The first-order valence-electron chi connectivity index (χ1n) is 8.66. The molecule has 0 unspecified atom stereocenters. The Morgan fingerprint density at radius 3 is 2.48 bits per heavy atom. The predicted octanol–water partition coefficient (Wildman–Crippen LogP) is 3.13. The van der Waals surface area contributed by atoms with Gasteiger partial charge in [0.15, 0.2) is 5.11 Å². The number of imide groups is 1. The minimum absolute atomic E-state index is 0.117. The first-order chi connectivity index (χ1) is 13.0. The van der Waals surface area contributed by atoms with E-state index in [0.29, 0.717) is 17.3 Å². The van der Waals surface area contributed by atoms with Gasteiger partial charge in [0.1, 0.15) is 6.04 Å². The molecule has 0 spiro atoms. The topological polar surface area (TPSA) is 52.7 Å². The van der Waals surface area contributed by atoms with Crippen LogP contribution in [0.2, 0.25) is 0 Å². The van der Waals surface area contributed by atoms with E-state index in [2.05, 4.69) is 21.2 Å². The summed E-state index contributed by atoms with van der Waals surface area (Å²) < 4.78 is 0.891. The van der Waals surface area contributed by atoms with Crippen molar-refractivity contribution in [2.75, 3.05) is 18.5 Å². The molecule has 0 bridgehead atoms. The summed E-state index contributed by atoms with van der Waals surface area (Å²) >= 11 is 8.79. The summed E-state index contributed by atoms with van der Waals surface area (Å²) in [7, 11) is 1.73. The van der Waals surface area contributed by atoms with Gasteiger partial charge in [-0.15, -0.1) is 0 Å². The van der Waals surface area contributed by atoms with Gasteiger partial charge in [0, 0.05) is 18.1 Å². The molecule has 1 N–H and O–H groups in total. The Balaban J connectivity index is 1.80. The van der Waals surface area contributed by atoms with Crippen LogP contribution >= 0.6 is 28.1 Å². The lowest BCUT2D eigenvalue weighted by Crippen LogP contribution is -2.49. The zero-order valence-electron chi connectivity index (χ0n) is 14.9. The van der Waals surface area contributed by atoms with Crippen LogP contribution in [0.15, 0.2) is 59.1 Å². The maximum atomic E-state index is 13.0. The van der Waals surface area contributed by atoms with Crippen LogP contribution in [0.1, 0.15) is 12.0 Å². The molecule has 1 fully saturated rings. The Labute approximate surface area is 172 Å². The summed E-state index contributed by atoms with van der Waals surface area (Å²) in [5.41, 5.74) is 1.73.